The third-order valence-corrected chi connectivity index (χ3v) is 3.70. The van der Waals surface area contributed by atoms with Gasteiger partial charge in [-0.1, -0.05) is 0 Å². The van der Waals surface area contributed by atoms with Crippen molar-refractivity contribution in [3.8, 4) is 0 Å². The van der Waals surface area contributed by atoms with Gasteiger partial charge in [-0.2, -0.15) is 0 Å². The topological polar surface area (TPSA) is 24.5 Å². The second-order valence-corrected chi connectivity index (χ2v) is 4.67. The predicted octanol–water partition coefficient (Wildman–Crippen LogP) is 1.24. The van der Waals surface area contributed by atoms with Gasteiger partial charge in [-0.15, -0.1) is 0 Å². The van der Waals surface area contributed by atoms with E-state index in [2.05, 4.69) is 17.1 Å². The first-order valence-corrected chi connectivity index (χ1v) is 6.46. The largest absolute Gasteiger partial charge is 0.378 e. The number of nitrogens with zero attached hydrogens (tertiary/aromatic N) is 1. The zero-order valence-corrected chi connectivity index (χ0v) is 9.87. The van der Waals surface area contributed by atoms with E-state index in [0.29, 0.717) is 6.10 Å². The maximum atomic E-state index is 5.68. The molecule has 0 aromatic rings. The van der Waals surface area contributed by atoms with E-state index in [9.17, 15) is 0 Å². The number of nitrogens with one attached hydrogen (secondary N) is 1. The number of hydrogen-bond donors (Lipinski definition) is 1. The Hall–Kier alpha value is -0.120. The number of likely N-dealkylation sites (tertiary alicyclic amines) is 1. The highest BCUT2D eigenvalue weighted by molar-refractivity contribution is 4.82. The Morgan fingerprint density at radius 2 is 1.80 bits per heavy atom. The average Bonchev–Trinajstić information content (AvgIpc) is 2.32. The van der Waals surface area contributed by atoms with Crippen molar-refractivity contribution in [2.45, 2.75) is 44.8 Å². The first-order valence-electron chi connectivity index (χ1n) is 6.46. The first kappa shape index (κ1) is 11.4. The molecule has 2 saturated heterocycles. The molecule has 0 radical (unpaired) electrons. The van der Waals surface area contributed by atoms with Crippen molar-refractivity contribution in [1.29, 1.82) is 0 Å². The fourth-order valence-electron chi connectivity index (χ4n) is 2.82. The molecular formula is C12H24N2O. The van der Waals surface area contributed by atoms with Crippen LogP contribution in [0.15, 0.2) is 0 Å². The summed E-state index contributed by atoms with van der Waals surface area (Å²) in [5.41, 5.74) is 0. The lowest BCUT2D eigenvalue weighted by Gasteiger charge is -2.39. The van der Waals surface area contributed by atoms with Crippen LogP contribution >= 0.6 is 0 Å². The van der Waals surface area contributed by atoms with E-state index in [1.54, 1.807) is 0 Å². The van der Waals surface area contributed by atoms with Crippen LogP contribution in [-0.2, 0) is 4.74 Å². The van der Waals surface area contributed by atoms with Gasteiger partial charge in [0.05, 0.1) is 6.10 Å². The second-order valence-electron chi connectivity index (χ2n) is 4.67. The highest BCUT2D eigenvalue weighted by Gasteiger charge is 2.25. The van der Waals surface area contributed by atoms with Crippen LogP contribution in [0.4, 0.5) is 0 Å². The third kappa shape index (κ3) is 3.16. The van der Waals surface area contributed by atoms with E-state index < -0.39 is 0 Å². The van der Waals surface area contributed by atoms with Crippen LogP contribution in [-0.4, -0.2) is 49.8 Å². The van der Waals surface area contributed by atoms with E-state index in [4.69, 9.17) is 4.74 Å². The molecule has 3 heteroatoms. The highest BCUT2D eigenvalue weighted by Crippen LogP contribution is 2.19. The van der Waals surface area contributed by atoms with Crippen LogP contribution in [0.1, 0.15) is 32.6 Å². The molecule has 0 bridgehead atoms. The van der Waals surface area contributed by atoms with Gasteiger partial charge in [-0.25, -0.2) is 0 Å². The van der Waals surface area contributed by atoms with Crippen molar-refractivity contribution in [3.63, 3.8) is 0 Å². The van der Waals surface area contributed by atoms with Crippen molar-refractivity contribution in [2.75, 3.05) is 32.8 Å². The Balaban J connectivity index is 1.72. The van der Waals surface area contributed by atoms with E-state index in [-0.39, 0.29) is 0 Å². The molecule has 3 nitrogen and oxygen atoms in total. The van der Waals surface area contributed by atoms with Gasteiger partial charge in [-0.05, 0) is 45.7 Å². The highest BCUT2D eigenvalue weighted by atomic mass is 16.5. The molecular weight excluding hydrogens is 188 g/mol. The van der Waals surface area contributed by atoms with E-state index in [1.807, 2.05) is 0 Å². The smallest absolute Gasteiger partial charge is 0.0599 e. The Kier molecular flexibility index (Phi) is 4.42. The zero-order valence-electron chi connectivity index (χ0n) is 9.87. The van der Waals surface area contributed by atoms with Gasteiger partial charge < -0.3 is 15.0 Å². The summed E-state index contributed by atoms with van der Waals surface area (Å²) in [4.78, 5) is 2.68. The third-order valence-electron chi connectivity index (χ3n) is 3.70. The first-order chi connectivity index (χ1) is 7.40. The van der Waals surface area contributed by atoms with E-state index in [0.717, 1.165) is 12.6 Å². The van der Waals surface area contributed by atoms with Crippen LogP contribution in [0.3, 0.4) is 0 Å². The molecule has 0 atom stereocenters. The van der Waals surface area contributed by atoms with E-state index in [1.165, 1.54) is 51.9 Å². The van der Waals surface area contributed by atoms with Gasteiger partial charge in [-0.3, -0.25) is 0 Å². The number of hydrogen-bond acceptors (Lipinski definition) is 3. The quantitative estimate of drug-likeness (QED) is 0.762. The zero-order chi connectivity index (χ0) is 10.5. The molecule has 2 aliphatic heterocycles. The fraction of sp³-hybridized carbons (Fsp3) is 1.00. The van der Waals surface area contributed by atoms with Crippen molar-refractivity contribution >= 4 is 0 Å². The molecule has 2 fully saturated rings. The number of rotatable bonds is 3. The lowest BCUT2D eigenvalue weighted by Crippen LogP contribution is -2.47. The molecule has 2 heterocycles. The standard InChI is InChI=1S/C12H24N2O/c1-2-15-12-5-9-14(10-6-12)11-3-7-13-8-4-11/h11-13H,2-10H2,1H3. The molecule has 0 spiro atoms. The van der Waals surface area contributed by atoms with Crippen LogP contribution in [0.25, 0.3) is 0 Å². The summed E-state index contributed by atoms with van der Waals surface area (Å²) >= 11 is 0. The average molecular weight is 212 g/mol. The van der Waals surface area contributed by atoms with Crippen LogP contribution in [0.2, 0.25) is 0 Å². The summed E-state index contributed by atoms with van der Waals surface area (Å²) < 4.78 is 5.68. The summed E-state index contributed by atoms with van der Waals surface area (Å²) in [6.45, 7) is 7.87. The maximum absolute atomic E-state index is 5.68. The van der Waals surface area contributed by atoms with Crippen LogP contribution in [0, 0.1) is 0 Å². The minimum absolute atomic E-state index is 0.535. The molecule has 15 heavy (non-hydrogen) atoms. The van der Waals surface area contributed by atoms with Crippen molar-refractivity contribution in [3.05, 3.63) is 0 Å². The van der Waals surface area contributed by atoms with Crippen molar-refractivity contribution in [2.24, 2.45) is 0 Å². The lowest BCUT2D eigenvalue weighted by molar-refractivity contribution is 0.000527. The van der Waals surface area contributed by atoms with Gasteiger partial charge in [0.25, 0.3) is 0 Å². The normalized spacial score (nSPS) is 27.0. The monoisotopic (exact) mass is 212 g/mol. The summed E-state index contributed by atoms with van der Waals surface area (Å²) in [6.07, 6.45) is 5.67. The van der Waals surface area contributed by atoms with Gasteiger partial charge in [0.2, 0.25) is 0 Å². The summed E-state index contributed by atoms with van der Waals surface area (Å²) in [6, 6.07) is 0.842. The van der Waals surface area contributed by atoms with Crippen molar-refractivity contribution in [1.82, 2.24) is 10.2 Å². The van der Waals surface area contributed by atoms with Crippen LogP contribution < -0.4 is 5.32 Å². The molecule has 0 saturated carbocycles. The molecule has 88 valence electrons. The fourth-order valence-corrected chi connectivity index (χ4v) is 2.82. The molecule has 2 aliphatic rings. The Morgan fingerprint density at radius 3 is 2.40 bits per heavy atom. The van der Waals surface area contributed by atoms with Crippen molar-refractivity contribution < 1.29 is 4.74 Å². The van der Waals surface area contributed by atoms with Gasteiger partial charge >= 0.3 is 0 Å². The van der Waals surface area contributed by atoms with Gasteiger partial charge in [0, 0.05) is 25.7 Å². The Bertz CT molecular complexity index is 172. The molecule has 0 aromatic heterocycles. The Labute approximate surface area is 93.2 Å². The van der Waals surface area contributed by atoms with Gasteiger partial charge in [0.15, 0.2) is 0 Å². The van der Waals surface area contributed by atoms with Crippen LogP contribution in [0.5, 0.6) is 0 Å². The molecule has 0 aromatic carbocycles. The SMILES string of the molecule is CCOC1CCN(C2CCNCC2)CC1. The molecule has 2 rings (SSSR count). The number of piperidine rings is 2. The predicted molar refractivity (Wildman–Crippen MR) is 62.1 cm³/mol. The second kappa shape index (κ2) is 5.83. The molecule has 0 unspecified atom stereocenters. The summed E-state index contributed by atoms with van der Waals surface area (Å²) in [5, 5.41) is 3.43. The lowest BCUT2D eigenvalue weighted by atomic mass is 10.00. The summed E-state index contributed by atoms with van der Waals surface area (Å²) in [5.74, 6) is 0. The summed E-state index contributed by atoms with van der Waals surface area (Å²) in [7, 11) is 0. The Morgan fingerprint density at radius 1 is 1.13 bits per heavy atom. The van der Waals surface area contributed by atoms with Gasteiger partial charge in [0.1, 0.15) is 0 Å². The minimum Gasteiger partial charge on any atom is -0.378 e. The minimum atomic E-state index is 0.535. The molecule has 0 aliphatic carbocycles. The molecule has 0 amide bonds. The van der Waals surface area contributed by atoms with E-state index >= 15 is 0 Å². The number of ether oxygens (including phenoxy) is 1. The molecule has 1 N–H and O–H groups in total. The maximum Gasteiger partial charge on any atom is 0.0599 e.